The lowest BCUT2D eigenvalue weighted by Gasteiger charge is -2.34. The van der Waals surface area contributed by atoms with Gasteiger partial charge >= 0.3 is 0 Å². The summed E-state index contributed by atoms with van der Waals surface area (Å²) in [6.45, 7) is 2.75. The summed E-state index contributed by atoms with van der Waals surface area (Å²) in [6.07, 6.45) is 0.158. The number of benzene rings is 4. The number of aliphatic imine (C=N–C) groups is 1. The predicted molar refractivity (Wildman–Crippen MR) is 177 cm³/mol. The van der Waals surface area contributed by atoms with Gasteiger partial charge < -0.3 is 19.3 Å². The molecular formula is C36H36BrN3O5. The second kappa shape index (κ2) is 14.4. The van der Waals surface area contributed by atoms with Crippen molar-refractivity contribution >= 4 is 27.7 Å². The third-order valence-corrected chi connectivity index (χ3v) is 8.81. The molecule has 9 heteroatoms. The average molecular weight is 671 g/mol. The van der Waals surface area contributed by atoms with Crippen LogP contribution in [-0.2, 0) is 20.7 Å². The minimum absolute atomic E-state index is 0.0720. The Morgan fingerprint density at radius 2 is 1.58 bits per heavy atom. The average Bonchev–Trinajstić information content (AvgIpc) is 3.48. The normalized spacial score (nSPS) is 19.9. The van der Waals surface area contributed by atoms with E-state index in [9.17, 15) is 4.79 Å². The summed E-state index contributed by atoms with van der Waals surface area (Å²) in [5.74, 6) is 0.831. The Labute approximate surface area is 271 Å². The Balaban J connectivity index is 1.41. The van der Waals surface area contributed by atoms with Crippen LogP contribution >= 0.6 is 15.9 Å². The van der Waals surface area contributed by atoms with E-state index >= 15 is 0 Å². The van der Waals surface area contributed by atoms with Crippen molar-refractivity contribution in [1.29, 1.82) is 0 Å². The molecule has 8 nitrogen and oxygen atoms in total. The van der Waals surface area contributed by atoms with Crippen LogP contribution in [0.15, 0.2) is 113 Å². The van der Waals surface area contributed by atoms with E-state index in [1.807, 2.05) is 83.9 Å². The topological polar surface area (TPSA) is 92.6 Å². The highest BCUT2D eigenvalue weighted by Gasteiger charge is 2.54. The van der Waals surface area contributed by atoms with E-state index in [0.29, 0.717) is 57.4 Å². The van der Waals surface area contributed by atoms with Gasteiger partial charge in [-0.2, -0.15) is 0 Å². The fourth-order valence-electron chi connectivity index (χ4n) is 5.61. The molecule has 4 aromatic carbocycles. The van der Waals surface area contributed by atoms with Gasteiger partial charge in [0.25, 0.3) is 5.91 Å². The maximum absolute atomic E-state index is 14.6. The van der Waals surface area contributed by atoms with Gasteiger partial charge in [0.1, 0.15) is 5.75 Å². The van der Waals surface area contributed by atoms with Gasteiger partial charge in [-0.3, -0.25) is 10.2 Å². The van der Waals surface area contributed by atoms with Crippen LogP contribution in [-0.4, -0.2) is 67.0 Å². The number of halogens is 1. The Hall–Kier alpha value is -4.02. The summed E-state index contributed by atoms with van der Waals surface area (Å²) in [4.78, 5) is 19.7. The first-order valence-corrected chi connectivity index (χ1v) is 16.0. The monoisotopic (exact) mass is 669 g/mol. The number of amides is 1. The SMILES string of the molecule is O=C(NN1CCOCC1)[C@@]1(Cc2ccccc2Br)N=C(c2ccc(OCCCO)cc2)O[C@H]1c1ccc(-c2ccccc2)cc1. The highest BCUT2D eigenvalue weighted by molar-refractivity contribution is 9.10. The van der Waals surface area contributed by atoms with Crippen LogP contribution < -0.4 is 10.2 Å². The maximum atomic E-state index is 14.6. The second-order valence-electron chi connectivity index (χ2n) is 11.1. The zero-order chi connectivity index (χ0) is 31.1. The van der Waals surface area contributed by atoms with Gasteiger partial charge in [-0.1, -0.05) is 88.7 Å². The van der Waals surface area contributed by atoms with E-state index in [4.69, 9.17) is 24.3 Å². The first-order valence-electron chi connectivity index (χ1n) is 15.2. The van der Waals surface area contributed by atoms with Crippen molar-refractivity contribution in [3.8, 4) is 16.9 Å². The minimum atomic E-state index is -1.32. The molecule has 1 saturated heterocycles. The molecule has 0 aromatic heterocycles. The van der Waals surface area contributed by atoms with Gasteiger partial charge in [-0.05, 0) is 52.6 Å². The first-order chi connectivity index (χ1) is 22.1. The minimum Gasteiger partial charge on any atom is -0.494 e. The van der Waals surface area contributed by atoms with Crippen LogP contribution in [0.4, 0.5) is 0 Å². The van der Waals surface area contributed by atoms with E-state index in [1.54, 1.807) is 0 Å². The van der Waals surface area contributed by atoms with Gasteiger partial charge in [0, 0.05) is 42.6 Å². The second-order valence-corrected chi connectivity index (χ2v) is 11.9. The van der Waals surface area contributed by atoms with Crippen molar-refractivity contribution in [2.24, 2.45) is 4.99 Å². The molecule has 45 heavy (non-hydrogen) atoms. The molecule has 232 valence electrons. The quantitative estimate of drug-likeness (QED) is 0.198. The molecule has 2 heterocycles. The standard InChI is InChI=1S/C36H36BrN3O5/c37-32-10-5-4-9-30(32)25-36(35(42)39-40-19-23-43-24-20-40)33(28-13-11-27(12-14-28)26-7-2-1-3-8-26)45-34(38-36)29-15-17-31(18-16-29)44-22-6-21-41/h1-5,7-18,33,41H,6,19-25H2,(H,39,42)/t33-,36-/m0/s1. The fourth-order valence-corrected chi connectivity index (χ4v) is 6.04. The summed E-state index contributed by atoms with van der Waals surface area (Å²) in [6, 6.07) is 33.8. The molecule has 1 fully saturated rings. The van der Waals surface area contributed by atoms with E-state index in [-0.39, 0.29) is 12.5 Å². The molecule has 0 saturated carbocycles. The Kier molecular flexibility index (Phi) is 9.91. The zero-order valence-electron chi connectivity index (χ0n) is 24.9. The summed E-state index contributed by atoms with van der Waals surface area (Å²) < 4.78 is 18.9. The number of hydrogen-bond donors (Lipinski definition) is 2. The van der Waals surface area contributed by atoms with Crippen molar-refractivity contribution in [2.45, 2.75) is 24.5 Å². The molecule has 0 bridgehead atoms. The number of hydrogen-bond acceptors (Lipinski definition) is 7. The van der Waals surface area contributed by atoms with Gasteiger partial charge in [0.2, 0.25) is 5.90 Å². The first kappa shape index (κ1) is 31.0. The Morgan fingerprint density at radius 3 is 2.29 bits per heavy atom. The van der Waals surface area contributed by atoms with E-state index in [1.165, 1.54) is 0 Å². The van der Waals surface area contributed by atoms with Crippen LogP contribution in [0.1, 0.15) is 29.2 Å². The molecule has 2 atom stereocenters. The third kappa shape index (κ3) is 7.12. The van der Waals surface area contributed by atoms with Crippen LogP contribution in [0.3, 0.4) is 0 Å². The van der Waals surface area contributed by atoms with Crippen LogP contribution in [0.5, 0.6) is 5.75 Å². The molecule has 2 N–H and O–H groups in total. The van der Waals surface area contributed by atoms with Crippen molar-refractivity contribution < 1.29 is 24.1 Å². The number of aliphatic hydroxyl groups is 1. The molecule has 4 aromatic rings. The Bertz CT molecular complexity index is 1610. The van der Waals surface area contributed by atoms with E-state index in [2.05, 4.69) is 45.6 Å². The van der Waals surface area contributed by atoms with E-state index in [0.717, 1.165) is 32.3 Å². The van der Waals surface area contributed by atoms with Crippen molar-refractivity contribution in [3.63, 3.8) is 0 Å². The highest BCUT2D eigenvalue weighted by atomic mass is 79.9. The smallest absolute Gasteiger partial charge is 0.266 e. The van der Waals surface area contributed by atoms with Gasteiger partial charge in [-0.15, -0.1) is 0 Å². The molecule has 1 amide bonds. The van der Waals surface area contributed by atoms with Crippen LogP contribution in [0.25, 0.3) is 11.1 Å². The van der Waals surface area contributed by atoms with Crippen molar-refractivity contribution in [3.05, 3.63) is 124 Å². The van der Waals surface area contributed by atoms with E-state index < -0.39 is 11.6 Å². The lowest BCUT2D eigenvalue weighted by molar-refractivity contribution is -0.136. The summed E-state index contributed by atoms with van der Waals surface area (Å²) in [7, 11) is 0. The molecular weight excluding hydrogens is 634 g/mol. The van der Waals surface area contributed by atoms with Crippen molar-refractivity contribution in [2.75, 3.05) is 39.5 Å². The lowest BCUT2D eigenvalue weighted by Crippen LogP contribution is -2.57. The third-order valence-electron chi connectivity index (χ3n) is 8.04. The van der Waals surface area contributed by atoms with Crippen LogP contribution in [0, 0.1) is 0 Å². The molecule has 0 aliphatic carbocycles. The number of rotatable bonds is 11. The summed E-state index contributed by atoms with van der Waals surface area (Å²) in [5.41, 5.74) is 6.56. The van der Waals surface area contributed by atoms with Gasteiger partial charge in [0.15, 0.2) is 11.6 Å². The number of ether oxygens (including phenoxy) is 3. The summed E-state index contributed by atoms with van der Waals surface area (Å²) >= 11 is 3.70. The highest BCUT2D eigenvalue weighted by Crippen LogP contribution is 2.44. The Morgan fingerprint density at radius 1 is 0.911 bits per heavy atom. The molecule has 2 aliphatic heterocycles. The number of morpholine rings is 1. The molecule has 0 spiro atoms. The summed E-state index contributed by atoms with van der Waals surface area (Å²) in [5, 5.41) is 11.0. The van der Waals surface area contributed by atoms with Crippen LogP contribution in [0.2, 0.25) is 0 Å². The number of carbonyl (C=O) groups excluding carboxylic acids is 1. The van der Waals surface area contributed by atoms with Gasteiger partial charge in [0.05, 0.1) is 19.8 Å². The molecule has 2 aliphatic rings. The zero-order valence-corrected chi connectivity index (χ0v) is 26.5. The molecule has 0 unspecified atom stereocenters. The number of hydrazine groups is 1. The predicted octanol–water partition coefficient (Wildman–Crippen LogP) is 5.74. The molecule has 0 radical (unpaired) electrons. The van der Waals surface area contributed by atoms with Crippen molar-refractivity contribution in [1.82, 2.24) is 10.4 Å². The number of nitrogens with zero attached hydrogens (tertiary/aromatic N) is 2. The lowest BCUT2D eigenvalue weighted by atomic mass is 9.82. The maximum Gasteiger partial charge on any atom is 0.266 e. The fraction of sp³-hybridized carbons (Fsp3) is 0.278. The number of aliphatic hydroxyl groups excluding tert-OH is 1. The number of carbonyl (C=O) groups is 1. The largest absolute Gasteiger partial charge is 0.494 e. The van der Waals surface area contributed by atoms with Gasteiger partial charge in [-0.25, -0.2) is 10.0 Å². The number of nitrogens with one attached hydrogen (secondary N) is 1. The molecule has 6 rings (SSSR count).